The standard InChI is InChI=1S/C21H33N3O4/c1-15-10-17(23-19(11-15)22-5)12-16-13-24(20(26)28-21(2,3)4)14-18(16)27-9-7-6-8-25/h8,10-11,16,18H,6-7,9,12-14H2,1-5H3,(H,22,23). The predicted molar refractivity (Wildman–Crippen MR) is 109 cm³/mol. The number of ether oxygens (including phenoxy) is 2. The second-order valence-corrected chi connectivity index (χ2v) is 8.34. The molecule has 0 spiro atoms. The highest BCUT2D eigenvalue weighted by Gasteiger charge is 2.38. The number of nitrogens with one attached hydrogen (secondary N) is 1. The highest BCUT2D eigenvalue weighted by Crippen LogP contribution is 2.26. The van der Waals surface area contributed by atoms with Gasteiger partial charge in [0.15, 0.2) is 0 Å². The third-order valence-corrected chi connectivity index (χ3v) is 4.58. The fraction of sp³-hybridized carbons (Fsp3) is 0.667. The summed E-state index contributed by atoms with van der Waals surface area (Å²) in [6.45, 7) is 9.20. The lowest BCUT2D eigenvalue weighted by Crippen LogP contribution is -2.36. The zero-order valence-electron chi connectivity index (χ0n) is 17.7. The Bertz CT molecular complexity index is 672. The van der Waals surface area contributed by atoms with E-state index in [-0.39, 0.29) is 18.1 Å². The van der Waals surface area contributed by atoms with E-state index in [9.17, 15) is 9.59 Å². The van der Waals surface area contributed by atoms with Gasteiger partial charge in [-0.15, -0.1) is 0 Å². The van der Waals surface area contributed by atoms with E-state index in [1.54, 1.807) is 4.90 Å². The van der Waals surface area contributed by atoms with Gasteiger partial charge in [-0.1, -0.05) is 0 Å². The number of hydrogen-bond acceptors (Lipinski definition) is 6. The summed E-state index contributed by atoms with van der Waals surface area (Å²) in [6.07, 6.45) is 2.38. The van der Waals surface area contributed by atoms with Crippen LogP contribution in [0.1, 0.15) is 44.9 Å². The second-order valence-electron chi connectivity index (χ2n) is 8.34. The molecule has 1 aromatic heterocycles. The first-order chi connectivity index (χ1) is 13.2. The lowest BCUT2D eigenvalue weighted by molar-refractivity contribution is -0.108. The first-order valence-electron chi connectivity index (χ1n) is 9.90. The van der Waals surface area contributed by atoms with Gasteiger partial charge in [0, 0.05) is 38.2 Å². The first kappa shape index (κ1) is 22.1. The molecule has 1 aliphatic heterocycles. The molecular formula is C21H33N3O4. The number of carbonyl (C=O) groups excluding carboxylic acids is 2. The maximum atomic E-state index is 12.5. The Hall–Kier alpha value is -2.15. The number of likely N-dealkylation sites (tertiary alicyclic amines) is 1. The third-order valence-electron chi connectivity index (χ3n) is 4.58. The van der Waals surface area contributed by atoms with E-state index in [4.69, 9.17) is 9.47 Å². The van der Waals surface area contributed by atoms with Gasteiger partial charge in [-0.3, -0.25) is 0 Å². The Morgan fingerprint density at radius 3 is 2.75 bits per heavy atom. The van der Waals surface area contributed by atoms with Crippen LogP contribution in [0.15, 0.2) is 12.1 Å². The summed E-state index contributed by atoms with van der Waals surface area (Å²) in [6, 6.07) is 4.07. The van der Waals surface area contributed by atoms with Crippen LogP contribution in [-0.2, 0) is 20.7 Å². The summed E-state index contributed by atoms with van der Waals surface area (Å²) in [5, 5.41) is 3.09. The molecule has 7 nitrogen and oxygen atoms in total. The van der Waals surface area contributed by atoms with Gasteiger partial charge in [-0.2, -0.15) is 0 Å². The van der Waals surface area contributed by atoms with E-state index in [1.165, 1.54) is 0 Å². The highest BCUT2D eigenvalue weighted by molar-refractivity contribution is 5.68. The highest BCUT2D eigenvalue weighted by atomic mass is 16.6. The van der Waals surface area contributed by atoms with Crippen LogP contribution in [0.3, 0.4) is 0 Å². The second kappa shape index (κ2) is 9.87. The third kappa shape index (κ3) is 6.78. The molecule has 7 heteroatoms. The van der Waals surface area contributed by atoms with Crippen LogP contribution in [0.25, 0.3) is 0 Å². The normalized spacial score (nSPS) is 19.5. The first-order valence-corrected chi connectivity index (χ1v) is 9.90. The molecule has 1 aliphatic rings. The van der Waals surface area contributed by atoms with Crippen molar-refractivity contribution in [1.29, 1.82) is 0 Å². The van der Waals surface area contributed by atoms with Crippen LogP contribution in [0.4, 0.5) is 10.6 Å². The van der Waals surface area contributed by atoms with Crippen molar-refractivity contribution in [3.05, 3.63) is 23.4 Å². The molecule has 0 aliphatic carbocycles. The van der Waals surface area contributed by atoms with Crippen molar-refractivity contribution >= 4 is 18.2 Å². The van der Waals surface area contributed by atoms with Crippen molar-refractivity contribution in [2.75, 3.05) is 32.1 Å². The number of aryl methyl sites for hydroxylation is 1. The number of pyridine rings is 1. The quantitative estimate of drug-likeness (QED) is 0.541. The molecule has 2 unspecified atom stereocenters. The summed E-state index contributed by atoms with van der Waals surface area (Å²) in [5.74, 6) is 0.961. The average Bonchev–Trinajstić information content (AvgIpc) is 2.99. The van der Waals surface area contributed by atoms with Gasteiger partial charge in [0.05, 0.1) is 12.6 Å². The summed E-state index contributed by atoms with van der Waals surface area (Å²) in [4.78, 5) is 29.4. The summed E-state index contributed by atoms with van der Waals surface area (Å²) < 4.78 is 11.6. The number of aromatic nitrogens is 1. The molecule has 1 N–H and O–H groups in total. The Balaban J connectivity index is 2.09. The number of rotatable bonds is 8. The monoisotopic (exact) mass is 391 g/mol. The van der Waals surface area contributed by atoms with Gasteiger partial charge in [0.25, 0.3) is 0 Å². The fourth-order valence-corrected chi connectivity index (χ4v) is 3.34. The smallest absolute Gasteiger partial charge is 0.410 e. The minimum absolute atomic E-state index is 0.0977. The number of hydrogen-bond donors (Lipinski definition) is 1. The molecule has 0 radical (unpaired) electrons. The van der Waals surface area contributed by atoms with Crippen LogP contribution >= 0.6 is 0 Å². The fourth-order valence-electron chi connectivity index (χ4n) is 3.34. The van der Waals surface area contributed by atoms with E-state index in [1.807, 2.05) is 40.8 Å². The zero-order chi connectivity index (χ0) is 20.7. The van der Waals surface area contributed by atoms with E-state index in [0.29, 0.717) is 39.0 Å². The van der Waals surface area contributed by atoms with Crippen molar-refractivity contribution in [2.24, 2.45) is 5.92 Å². The van der Waals surface area contributed by atoms with Crippen LogP contribution < -0.4 is 5.32 Å². The van der Waals surface area contributed by atoms with Crippen LogP contribution in [0.5, 0.6) is 0 Å². The lowest BCUT2D eigenvalue weighted by atomic mass is 9.98. The Labute approximate surface area is 167 Å². The lowest BCUT2D eigenvalue weighted by Gasteiger charge is -2.24. The molecule has 0 bridgehead atoms. The molecule has 2 atom stereocenters. The van der Waals surface area contributed by atoms with Gasteiger partial charge in [0.2, 0.25) is 0 Å². The number of amides is 1. The Morgan fingerprint density at radius 2 is 2.11 bits per heavy atom. The number of carbonyl (C=O) groups is 2. The average molecular weight is 392 g/mol. The summed E-state index contributed by atoms with van der Waals surface area (Å²) in [5.41, 5.74) is 1.58. The SMILES string of the molecule is CNc1cc(C)cc(CC2CN(C(=O)OC(C)(C)C)CC2OCCCC=O)n1. The Kier molecular flexibility index (Phi) is 7.80. The van der Waals surface area contributed by atoms with Gasteiger partial charge < -0.3 is 24.5 Å². The van der Waals surface area contributed by atoms with E-state index in [0.717, 1.165) is 23.4 Å². The van der Waals surface area contributed by atoms with Crippen molar-refractivity contribution in [2.45, 2.75) is 58.7 Å². The summed E-state index contributed by atoms with van der Waals surface area (Å²) in [7, 11) is 1.85. The van der Waals surface area contributed by atoms with Crippen LogP contribution in [-0.4, -0.2) is 60.7 Å². The van der Waals surface area contributed by atoms with E-state index >= 15 is 0 Å². The number of anilines is 1. The van der Waals surface area contributed by atoms with E-state index in [2.05, 4.69) is 16.4 Å². The van der Waals surface area contributed by atoms with Gasteiger partial charge in [0.1, 0.15) is 17.7 Å². The number of unbranched alkanes of at least 4 members (excludes halogenated alkanes) is 1. The summed E-state index contributed by atoms with van der Waals surface area (Å²) >= 11 is 0. The molecule has 0 saturated carbocycles. The van der Waals surface area contributed by atoms with E-state index < -0.39 is 5.60 Å². The predicted octanol–water partition coefficient (Wildman–Crippen LogP) is 3.21. The molecule has 28 heavy (non-hydrogen) atoms. The maximum Gasteiger partial charge on any atom is 0.410 e. The minimum Gasteiger partial charge on any atom is -0.444 e. The van der Waals surface area contributed by atoms with Crippen molar-refractivity contribution in [3.63, 3.8) is 0 Å². The zero-order valence-corrected chi connectivity index (χ0v) is 17.7. The largest absolute Gasteiger partial charge is 0.444 e. The molecule has 1 aromatic rings. The maximum absolute atomic E-state index is 12.5. The molecule has 1 saturated heterocycles. The molecule has 1 amide bonds. The number of nitrogens with zero attached hydrogens (tertiary/aromatic N) is 2. The van der Waals surface area contributed by atoms with Gasteiger partial charge in [-0.25, -0.2) is 9.78 Å². The van der Waals surface area contributed by atoms with Crippen LogP contribution in [0.2, 0.25) is 0 Å². The molecule has 1 fully saturated rings. The van der Waals surface area contributed by atoms with Crippen LogP contribution in [0, 0.1) is 12.8 Å². The molecule has 2 heterocycles. The van der Waals surface area contributed by atoms with Crippen molar-refractivity contribution in [1.82, 2.24) is 9.88 Å². The molecule has 156 valence electrons. The molecular weight excluding hydrogens is 358 g/mol. The Morgan fingerprint density at radius 1 is 1.36 bits per heavy atom. The van der Waals surface area contributed by atoms with Gasteiger partial charge in [-0.05, 0) is 58.2 Å². The molecule has 2 rings (SSSR count). The van der Waals surface area contributed by atoms with Gasteiger partial charge >= 0.3 is 6.09 Å². The topological polar surface area (TPSA) is 80.8 Å². The van der Waals surface area contributed by atoms with Crippen molar-refractivity contribution in [3.8, 4) is 0 Å². The van der Waals surface area contributed by atoms with Crippen molar-refractivity contribution < 1.29 is 19.1 Å². The minimum atomic E-state index is -0.532. The molecule has 0 aromatic carbocycles. The number of aldehydes is 1.